The van der Waals surface area contributed by atoms with E-state index in [0.29, 0.717) is 24.4 Å². The van der Waals surface area contributed by atoms with Gasteiger partial charge in [-0.3, -0.25) is 19.7 Å². The van der Waals surface area contributed by atoms with Gasteiger partial charge in [-0.15, -0.1) is 0 Å². The average Bonchev–Trinajstić information content (AvgIpc) is 3.05. The van der Waals surface area contributed by atoms with E-state index in [1.165, 1.54) is 12.1 Å². The molecular formula is C12H14N2O5S. The predicted octanol–water partition coefficient (Wildman–Crippen LogP) is 1.98. The number of nitrogens with zero attached hydrogens (tertiary/aromatic N) is 2. The molecule has 0 saturated carbocycles. The van der Waals surface area contributed by atoms with Crippen molar-refractivity contribution in [2.24, 2.45) is 5.92 Å². The zero-order chi connectivity index (χ0) is 14.7. The maximum absolute atomic E-state index is 12.2. The van der Waals surface area contributed by atoms with E-state index in [4.69, 9.17) is 5.11 Å². The molecule has 20 heavy (non-hydrogen) atoms. The lowest BCUT2D eigenvalue weighted by atomic mass is 10.0. The molecule has 1 aromatic heterocycles. The Labute approximate surface area is 119 Å². The number of thiophene rings is 1. The summed E-state index contributed by atoms with van der Waals surface area (Å²) in [7, 11) is 0. The highest BCUT2D eigenvalue weighted by atomic mass is 32.1. The van der Waals surface area contributed by atoms with Gasteiger partial charge in [0.15, 0.2) is 0 Å². The molecule has 1 amide bonds. The van der Waals surface area contributed by atoms with Crippen LogP contribution in [0.1, 0.15) is 28.9 Å². The van der Waals surface area contributed by atoms with E-state index >= 15 is 0 Å². The van der Waals surface area contributed by atoms with Crippen LogP contribution in [0.3, 0.4) is 0 Å². The van der Waals surface area contributed by atoms with Crippen LogP contribution in [0.2, 0.25) is 0 Å². The van der Waals surface area contributed by atoms with E-state index in [0.717, 1.165) is 17.8 Å². The first-order valence-electron chi connectivity index (χ1n) is 6.22. The molecule has 0 bridgehead atoms. The van der Waals surface area contributed by atoms with E-state index in [1.54, 1.807) is 4.90 Å². The Hall–Kier alpha value is -1.96. The molecule has 0 aromatic carbocycles. The van der Waals surface area contributed by atoms with Crippen molar-refractivity contribution in [3.63, 3.8) is 0 Å². The molecule has 0 spiro atoms. The maximum Gasteiger partial charge on any atom is 0.324 e. The van der Waals surface area contributed by atoms with Crippen molar-refractivity contribution in [3.8, 4) is 0 Å². The molecule has 8 heteroatoms. The highest BCUT2D eigenvalue weighted by molar-refractivity contribution is 7.17. The molecule has 1 aromatic rings. The molecule has 0 aliphatic carbocycles. The van der Waals surface area contributed by atoms with Crippen LogP contribution in [0.25, 0.3) is 0 Å². The van der Waals surface area contributed by atoms with Crippen LogP contribution in [0.5, 0.6) is 0 Å². The number of carboxylic acids is 1. The molecule has 1 atom stereocenters. The molecule has 1 aliphatic rings. The summed E-state index contributed by atoms with van der Waals surface area (Å²) in [5.74, 6) is -0.838. The zero-order valence-electron chi connectivity index (χ0n) is 10.7. The topological polar surface area (TPSA) is 101 Å². The van der Waals surface area contributed by atoms with Gasteiger partial charge in [-0.25, -0.2) is 0 Å². The van der Waals surface area contributed by atoms with E-state index < -0.39 is 10.9 Å². The maximum atomic E-state index is 12.2. The summed E-state index contributed by atoms with van der Waals surface area (Å²) < 4.78 is 0. The summed E-state index contributed by atoms with van der Waals surface area (Å²) in [4.78, 5) is 34.8. The SMILES string of the molecule is O=C(O)CCC1CCN(C(=O)c2ccc([N+](=O)[O-])s2)C1. The van der Waals surface area contributed by atoms with Crippen molar-refractivity contribution in [3.05, 3.63) is 27.1 Å². The second-order valence-corrected chi connectivity index (χ2v) is 5.80. The monoisotopic (exact) mass is 298 g/mol. The molecule has 108 valence electrons. The third kappa shape index (κ3) is 3.32. The van der Waals surface area contributed by atoms with Gasteiger partial charge in [0.2, 0.25) is 0 Å². The zero-order valence-corrected chi connectivity index (χ0v) is 11.5. The fraction of sp³-hybridized carbons (Fsp3) is 0.500. The second kappa shape index (κ2) is 6.00. The Morgan fingerprint density at radius 1 is 1.50 bits per heavy atom. The number of carboxylic acid groups (broad SMARTS) is 1. The van der Waals surface area contributed by atoms with Gasteiger partial charge in [0.05, 0.1) is 9.80 Å². The van der Waals surface area contributed by atoms with Crippen LogP contribution in [0, 0.1) is 16.0 Å². The normalized spacial score (nSPS) is 18.2. The van der Waals surface area contributed by atoms with Crippen molar-refractivity contribution in [1.82, 2.24) is 4.90 Å². The van der Waals surface area contributed by atoms with Crippen LogP contribution >= 0.6 is 11.3 Å². The summed E-state index contributed by atoms with van der Waals surface area (Å²) >= 11 is 0.871. The second-order valence-electron chi connectivity index (χ2n) is 4.73. The van der Waals surface area contributed by atoms with Crippen molar-refractivity contribution >= 4 is 28.2 Å². The van der Waals surface area contributed by atoms with E-state index in [9.17, 15) is 19.7 Å². The number of aliphatic carboxylic acids is 1. The third-order valence-electron chi connectivity index (χ3n) is 3.32. The van der Waals surface area contributed by atoms with Crippen LogP contribution in [-0.2, 0) is 4.79 Å². The van der Waals surface area contributed by atoms with Crippen LogP contribution in [0.4, 0.5) is 5.00 Å². The Morgan fingerprint density at radius 3 is 2.85 bits per heavy atom. The van der Waals surface area contributed by atoms with Gasteiger partial charge in [0, 0.05) is 25.6 Å². The molecular weight excluding hydrogens is 284 g/mol. The fourth-order valence-electron chi connectivity index (χ4n) is 2.28. The third-order valence-corrected chi connectivity index (χ3v) is 4.35. The number of amides is 1. The molecule has 1 N–H and O–H groups in total. The Bertz CT molecular complexity index is 542. The van der Waals surface area contributed by atoms with Gasteiger partial charge < -0.3 is 10.0 Å². The average molecular weight is 298 g/mol. The standard InChI is InChI=1S/C12H14N2O5S/c15-11(16)4-1-8-5-6-13(7-8)12(17)9-2-3-10(20-9)14(18)19/h2-3,8H,1,4-7H2,(H,15,16). The van der Waals surface area contributed by atoms with Gasteiger partial charge in [0.25, 0.3) is 5.91 Å². The first-order valence-corrected chi connectivity index (χ1v) is 7.04. The smallest absolute Gasteiger partial charge is 0.324 e. The lowest BCUT2D eigenvalue weighted by Gasteiger charge is -2.15. The molecule has 2 heterocycles. The number of hydrogen-bond acceptors (Lipinski definition) is 5. The molecule has 1 aliphatic heterocycles. The van der Waals surface area contributed by atoms with Gasteiger partial charge in [-0.2, -0.15) is 0 Å². The van der Waals surface area contributed by atoms with Gasteiger partial charge in [-0.05, 0) is 24.8 Å². The largest absolute Gasteiger partial charge is 0.481 e. The first kappa shape index (κ1) is 14.4. The van der Waals surface area contributed by atoms with Gasteiger partial charge >= 0.3 is 11.0 Å². The number of carbonyl (C=O) groups excluding carboxylic acids is 1. The Balaban J connectivity index is 1.93. The Morgan fingerprint density at radius 2 is 2.25 bits per heavy atom. The quantitative estimate of drug-likeness (QED) is 0.661. The van der Waals surface area contributed by atoms with Gasteiger partial charge in [-0.1, -0.05) is 11.3 Å². The molecule has 0 radical (unpaired) electrons. The lowest BCUT2D eigenvalue weighted by molar-refractivity contribution is -0.380. The molecule has 2 rings (SSSR count). The summed E-state index contributed by atoms with van der Waals surface area (Å²) in [6, 6.07) is 2.80. The van der Waals surface area contributed by atoms with Gasteiger partial charge in [0.1, 0.15) is 0 Å². The van der Waals surface area contributed by atoms with E-state index in [-0.39, 0.29) is 23.2 Å². The summed E-state index contributed by atoms with van der Waals surface area (Å²) in [5.41, 5.74) is 0. The number of hydrogen-bond donors (Lipinski definition) is 1. The summed E-state index contributed by atoms with van der Waals surface area (Å²) in [6.45, 7) is 1.10. The van der Waals surface area contributed by atoms with Crippen LogP contribution in [-0.4, -0.2) is 39.9 Å². The number of rotatable bonds is 5. The molecule has 7 nitrogen and oxygen atoms in total. The minimum absolute atomic E-state index is 0.0463. The fourth-order valence-corrected chi connectivity index (χ4v) is 3.07. The first-order chi connectivity index (χ1) is 9.47. The number of carbonyl (C=O) groups is 2. The summed E-state index contributed by atoms with van der Waals surface area (Å²) in [5, 5.41) is 19.2. The van der Waals surface area contributed by atoms with Crippen LogP contribution in [0.15, 0.2) is 12.1 Å². The number of nitro groups is 1. The highest BCUT2D eigenvalue weighted by Gasteiger charge is 2.28. The number of likely N-dealkylation sites (tertiary alicyclic amines) is 1. The van der Waals surface area contributed by atoms with E-state index in [2.05, 4.69) is 0 Å². The molecule has 1 saturated heterocycles. The Kier molecular flexibility index (Phi) is 4.33. The summed E-state index contributed by atoms with van der Waals surface area (Å²) in [6.07, 6.45) is 1.45. The van der Waals surface area contributed by atoms with Crippen molar-refractivity contribution < 1.29 is 19.6 Å². The predicted molar refractivity (Wildman–Crippen MR) is 71.9 cm³/mol. The van der Waals surface area contributed by atoms with Crippen molar-refractivity contribution in [2.45, 2.75) is 19.3 Å². The van der Waals surface area contributed by atoms with E-state index in [1.807, 2.05) is 0 Å². The lowest BCUT2D eigenvalue weighted by Crippen LogP contribution is -2.28. The van der Waals surface area contributed by atoms with Crippen molar-refractivity contribution in [2.75, 3.05) is 13.1 Å². The van der Waals surface area contributed by atoms with Crippen LogP contribution < -0.4 is 0 Å². The van der Waals surface area contributed by atoms with Crippen molar-refractivity contribution in [1.29, 1.82) is 0 Å². The minimum Gasteiger partial charge on any atom is -0.481 e. The molecule has 1 unspecified atom stereocenters. The minimum atomic E-state index is -0.830. The molecule has 1 fully saturated rings. The highest BCUT2D eigenvalue weighted by Crippen LogP contribution is 2.28.